The van der Waals surface area contributed by atoms with Gasteiger partial charge in [-0.2, -0.15) is 17.0 Å². The Morgan fingerprint density at radius 2 is 2.22 bits per heavy atom. The van der Waals surface area contributed by atoms with E-state index in [1.807, 2.05) is 17.8 Å². The van der Waals surface area contributed by atoms with Crippen molar-refractivity contribution in [3.05, 3.63) is 23.9 Å². The lowest BCUT2D eigenvalue weighted by molar-refractivity contribution is 0.411. The molecule has 1 aromatic rings. The highest BCUT2D eigenvalue weighted by atomic mass is 32.2. The number of hydrogen-bond donors (Lipinski definition) is 1. The van der Waals surface area contributed by atoms with E-state index in [-0.39, 0.29) is 0 Å². The summed E-state index contributed by atoms with van der Waals surface area (Å²) in [6.45, 7) is 0.941. The second kappa shape index (κ2) is 6.10. The van der Waals surface area contributed by atoms with Crippen LogP contribution in [-0.2, 0) is 0 Å². The second-order valence-corrected chi connectivity index (χ2v) is 6.12. The maximum absolute atomic E-state index is 8.87. The van der Waals surface area contributed by atoms with E-state index in [0.717, 1.165) is 12.4 Å². The first kappa shape index (κ1) is 13.2. The zero-order valence-corrected chi connectivity index (χ0v) is 11.6. The number of anilines is 1. The monoisotopic (exact) mass is 261 g/mol. The second-order valence-electron chi connectivity index (χ2n) is 4.84. The number of nitrogens with zero attached hydrogens (tertiary/aromatic N) is 2. The molecule has 96 valence electrons. The van der Waals surface area contributed by atoms with Gasteiger partial charge in [0, 0.05) is 17.5 Å². The molecular weight excluding hydrogens is 242 g/mol. The van der Waals surface area contributed by atoms with Crippen molar-refractivity contribution in [3.8, 4) is 6.07 Å². The van der Waals surface area contributed by atoms with Crippen LogP contribution in [0, 0.1) is 11.3 Å². The van der Waals surface area contributed by atoms with Crippen LogP contribution in [0.2, 0.25) is 0 Å². The number of rotatable bonds is 4. The molecule has 2 rings (SSSR count). The molecular formula is C14H19N3S. The number of pyridine rings is 1. The van der Waals surface area contributed by atoms with Gasteiger partial charge >= 0.3 is 0 Å². The molecule has 0 radical (unpaired) electrons. The van der Waals surface area contributed by atoms with Gasteiger partial charge in [0.1, 0.15) is 5.82 Å². The summed E-state index contributed by atoms with van der Waals surface area (Å²) in [5.74, 6) is 0.813. The molecule has 1 N–H and O–H groups in total. The van der Waals surface area contributed by atoms with Gasteiger partial charge in [-0.1, -0.05) is 19.3 Å². The highest BCUT2D eigenvalue weighted by Crippen LogP contribution is 2.38. The lowest BCUT2D eigenvalue weighted by Crippen LogP contribution is -2.35. The van der Waals surface area contributed by atoms with Crippen LogP contribution in [-0.4, -0.2) is 22.5 Å². The zero-order chi connectivity index (χ0) is 12.8. The number of aromatic nitrogens is 1. The summed E-state index contributed by atoms with van der Waals surface area (Å²) in [4.78, 5) is 4.27. The third kappa shape index (κ3) is 3.17. The normalized spacial score (nSPS) is 18.0. The number of nitriles is 1. The lowest BCUT2D eigenvalue weighted by Gasteiger charge is -2.36. The molecule has 0 aromatic carbocycles. The molecule has 3 nitrogen and oxygen atoms in total. The van der Waals surface area contributed by atoms with Gasteiger partial charge in [0.2, 0.25) is 0 Å². The molecule has 1 aliphatic rings. The van der Waals surface area contributed by atoms with Crippen LogP contribution in [0.1, 0.15) is 37.7 Å². The average molecular weight is 261 g/mol. The Balaban J connectivity index is 1.99. The Morgan fingerprint density at radius 3 is 2.89 bits per heavy atom. The van der Waals surface area contributed by atoms with Gasteiger partial charge in [-0.3, -0.25) is 0 Å². The summed E-state index contributed by atoms with van der Waals surface area (Å²) in [7, 11) is 0. The molecule has 4 heteroatoms. The van der Waals surface area contributed by atoms with E-state index in [0.29, 0.717) is 10.3 Å². The van der Waals surface area contributed by atoms with Gasteiger partial charge in [0.15, 0.2) is 0 Å². The highest BCUT2D eigenvalue weighted by molar-refractivity contribution is 8.00. The summed E-state index contributed by atoms with van der Waals surface area (Å²) < 4.78 is 0.350. The SMILES string of the molecule is CSC1(CNc2cc(C#N)ccn2)CCCCC1. The maximum Gasteiger partial charge on any atom is 0.127 e. The topological polar surface area (TPSA) is 48.7 Å². The van der Waals surface area contributed by atoms with Crippen LogP contribution in [0.5, 0.6) is 0 Å². The molecule has 1 fully saturated rings. The van der Waals surface area contributed by atoms with Crippen molar-refractivity contribution in [2.24, 2.45) is 0 Å². The molecule has 0 amide bonds. The molecule has 1 aromatic heterocycles. The Hall–Kier alpha value is -1.21. The largest absolute Gasteiger partial charge is 0.369 e. The van der Waals surface area contributed by atoms with Crippen LogP contribution in [0.4, 0.5) is 5.82 Å². The maximum atomic E-state index is 8.87. The van der Waals surface area contributed by atoms with Gasteiger partial charge in [-0.05, 0) is 31.2 Å². The highest BCUT2D eigenvalue weighted by Gasteiger charge is 2.30. The Bertz CT molecular complexity index is 433. The molecule has 1 heterocycles. The third-order valence-corrected chi connectivity index (χ3v) is 5.10. The van der Waals surface area contributed by atoms with Crippen LogP contribution in [0.25, 0.3) is 0 Å². The van der Waals surface area contributed by atoms with E-state index in [1.54, 1.807) is 12.3 Å². The van der Waals surface area contributed by atoms with Crippen LogP contribution < -0.4 is 5.32 Å². The fraction of sp³-hybridized carbons (Fsp3) is 0.571. The van der Waals surface area contributed by atoms with Crippen molar-refractivity contribution in [2.45, 2.75) is 36.9 Å². The van der Waals surface area contributed by atoms with Crippen LogP contribution >= 0.6 is 11.8 Å². The smallest absolute Gasteiger partial charge is 0.127 e. The fourth-order valence-corrected chi connectivity index (χ4v) is 3.41. The Kier molecular flexibility index (Phi) is 4.48. The molecule has 0 spiro atoms. The van der Waals surface area contributed by atoms with Crippen molar-refractivity contribution in [2.75, 3.05) is 18.1 Å². The molecule has 0 bridgehead atoms. The van der Waals surface area contributed by atoms with Gasteiger partial charge in [0.05, 0.1) is 11.6 Å². The molecule has 1 saturated carbocycles. The third-order valence-electron chi connectivity index (χ3n) is 3.68. The zero-order valence-electron chi connectivity index (χ0n) is 10.8. The standard InChI is InChI=1S/C14H19N3S/c1-18-14(6-3-2-4-7-14)11-17-13-9-12(10-15)5-8-16-13/h5,8-9H,2-4,6-7,11H2,1H3,(H,16,17). The summed E-state index contributed by atoms with van der Waals surface area (Å²) in [5.41, 5.74) is 0.661. The average Bonchev–Trinajstić information content (AvgIpc) is 2.46. The quantitative estimate of drug-likeness (QED) is 0.902. The first-order valence-electron chi connectivity index (χ1n) is 6.43. The van der Waals surface area contributed by atoms with Crippen LogP contribution in [0.3, 0.4) is 0 Å². The minimum atomic E-state index is 0.350. The van der Waals surface area contributed by atoms with E-state index < -0.39 is 0 Å². The van der Waals surface area contributed by atoms with Crippen LogP contribution in [0.15, 0.2) is 18.3 Å². The minimum absolute atomic E-state index is 0.350. The first-order valence-corrected chi connectivity index (χ1v) is 7.66. The number of thioether (sulfide) groups is 1. The fourth-order valence-electron chi connectivity index (χ4n) is 2.50. The summed E-state index contributed by atoms with van der Waals surface area (Å²) in [5, 5.41) is 12.3. The lowest BCUT2D eigenvalue weighted by atomic mass is 9.88. The summed E-state index contributed by atoms with van der Waals surface area (Å²) in [6, 6.07) is 5.69. The van der Waals surface area contributed by atoms with E-state index in [1.165, 1.54) is 32.1 Å². The summed E-state index contributed by atoms with van der Waals surface area (Å²) in [6.07, 6.45) is 10.5. The number of hydrogen-bond acceptors (Lipinski definition) is 4. The van der Waals surface area contributed by atoms with Crippen molar-refractivity contribution < 1.29 is 0 Å². The van der Waals surface area contributed by atoms with Gasteiger partial charge < -0.3 is 5.32 Å². The van der Waals surface area contributed by atoms with Gasteiger partial charge in [-0.25, -0.2) is 4.98 Å². The van der Waals surface area contributed by atoms with Gasteiger partial charge in [0.25, 0.3) is 0 Å². The molecule has 0 atom stereocenters. The Labute approximate surface area is 113 Å². The number of nitrogens with one attached hydrogen (secondary N) is 1. The molecule has 18 heavy (non-hydrogen) atoms. The molecule has 0 unspecified atom stereocenters. The van der Waals surface area contributed by atoms with E-state index in [4.69, 9.17) is 5.26 Å². The molecule has 0 aliphatic heterocycles. The Morgan fingerprint density at radius 1 is 1.44 bits per heavy atom. The predicted molar refractivity (Wildman–Crippen MR) is 76.8 cm³/mol. The predicted octanol–water partition coefficient (Wildman–Crippen LogP) is 3.43. The molecule has 0 saturated heterocycles. The van der Waals surface area contributed by atoms with Crippen molar-refractivity contribution in [1.82, 2.24) is 4.98 Å². The van der Waals surface area contributed by atoms with E-state index in [2.05, 4.69) is 22.6 Å². The van der Waals surface area contributed by atoms with Crippen molar-refractivity contribution in [1.29, 1.82) is 5.26 Å². The molecule has 1 aliphatic carbocycles. The van der Waals surface area contributed by atoms with Gasteiger partial charge in [-0.15, -0.1) is 0 Å². The van der Waals surface area contributed by atoms with Crippen molar-refractivity contribution >= 4 is 17.6 Å². The summed E-state index contributed by atoms with van der Waals surface area (Å²) >= 11 is 1.97. The van der Waals surface area contributed by atoms with E-state index in [9.17, 15) is 0 Å². The minimum Gasteiger partial charge on any atom is -0.369 e. The van der Waals surface area contributed by atoms with Crippen molar-refractivity contribution in [3.63, 3.8) is 0 Å². The first-order chi connectivity index (χ1) is 8.78. The van der Waals surface area contributed by atoms with E-state index >= 15 is 0 Å².